The number of hydrogen-bond donors (Lipinski definition) is 3. The number of methoxy groups -OCH3 is 2. The van der Waals surface area contributed by atoms with Crippen molar-refractivity contribution in [3.63, 3.8) is 0 Å². The molecule has 0 aliphatic rings. The molecule has 166 valence electrons. The molecule has 0 aliphatic carbocycles. The summed E-state index contributed by atoms with van der Waals surface area (Å²) in [4.78, 5) is 7.86. The molecule has 0 saturated carbocycles. The van der Waals surface area contributed by atoms with E-state index in [2.05, 4.69) is 25.9 Å². The van der Waals surface area contributed by atoms with E-state index in [-0.39, 0.29) is 36.3 Å². The minimum absolute atomic E-state index is 0. The third-order valence-electron chi connectivity index (χ3n) is 3.99. The quantitative estimate of drug-likeness (QED) is 0.206. The van der Waals surface area contributed by atoms with Crippen LogP contribution in [0.2, 0.25) is 0 Å². The van der Waals surface area contributed by atoms with E-state index in [1.807, 2.05) is 12.1 Å². The topological polar surface area (TPSA) is 79.8 Å². The summed E-state index contributed by atoms with van der Waals surface area (Å²) in [6.07, 6.45) is -3.15. The minimum atomic E-state index is -4.46. The summed E-state index contributed by atoms with van der Waals surface area (Å²) >= 11 is 0. The SMILES string of the molecule is CN=C(NCCNc1ncccc1C(F)(F)F)NCc1ccc(OC)cc1OC.I. The van der Waals surface area contributed by atoms with Gasteiger partial charge >= 0.3 is 6.18 Å². The van der Waals surface area contributed by atoms with Crippen LogP contribution in [0.5, 0.6) is 11.5 Å². The number of rotatable bonds is 8. The number of ether oxygens (including phenoxy) is 2. The maximum Gasteiger partial charge on any atom is 0.419 e. The summed E-state index contributed by atoms with van der Waals surface area (Å²) in [5, 5.41) is 8.85. The molecule has 0 fully saturated rings. The van der Waals surface area contributed by atoms with E-state index >= 15 is 0 Å². The summed E-state index contributed by atoms with van der Waals surface area (Å²) in [7, 11) is 4.76. The lowest BCUT2D eigenvalue weighted by atomic mass is 10.2. The Hall–Kier alpha value is -2.44. The molecule has 0 atom stereocenters. The fraction of sp³-hybridized carbons (Fsp3) is 0.368. The Bertz CT molecular complexity index is 834. The van der Waals surface area contributed by atoms with Crippen molar-refractivity contribution in [2.24, 2.45) is 4.99 Å². The van der Waals surface area contributed by atoms with Gasteiger partial charge in [0.1, 0.15) is 17.3 Å². The first-order valence-electron chi connectivity index (χ1n) is 8.80. The fourth-order valence-electron chi connectivity index (χ4n) is 2.53. The van der Waals surface area contributed by atoms with Crippen molar-refractivity contribution in [1.29, 1.82) is 0 Å². The van der Waals surface area contributed by atoms with Gasteiger partial charge in [0.15, 0.2) is 5.96 Å². The van der Waals surface area contributed by atoms with Crippen molar-refractivity contribution < 1.29 is 22.6 Å². The molecule has 0 spiro atoms. The monoisotopic (exact) mass is 539 g/mol. The molecule has 0 aliphatic heterocycles. The van der Waals surface area contributed by atoms with Crippen LogP contribution >= 0.6 is 24.0 Å². The molecule has 7 nitrogen and oxygen atoms in total. The lowest BCUT2D eigenvalue weighted by molar-refractivity contribution is -0.137. The summed E-state index contributed by atoms with van der Waals surface area (Å²) in [6, 6.07) is 7.73. The average Bonchev–Trinajstić information content (AvgIpc) is 2.72. The Morgan fingerprint density at radius 3 is 2.50 bits per heavy atom. The van der Waals surface area contributed by atoms with Crippen molar-refractivity contribution in [2.75, 3.05) is 39.7 Å². The first-order valence-corrected chi connectivity index (χ1v) is 8.80. The van der Waals surface area contributed by atoms with Crippen molar-refractivity contribution in [3.8, 4) is 11.5 Å². The maximum absolute atomic E-state index is 13.0. The molecule has 2 rings (SSSR count). The molecule has 3 N–H and O–H groups in total. The molecule has 2 aromatic rings. The van der Waals surface area contributed by atoms with Gasteiger partial charge in [-0.1, -0.05) is 0 Å². The van der Waals surface area contributed by atoms with Gasteiger partial charge in [0, 0.05) is 44.5 Å². The normalized spacial score (nSPS) is 11.3. The standard InChI is InChI=1S/C19H24F3N5O2.HI/c1-23-18(27-12-13-6-7-14(28-2)11-16(13)29-3)26-10-9-25-17-15(19(20,21)22)5-4-8-24-17;/h4-8,11H,9-10,12H2,1-3H3,(H,24,25)(H2,23,26,27);1H. The Labute approximate surface area is 190 Å². The Kier molecular flexibility index (Phi) is 10.5. The minimum Gasteiger partial charge on any atom is -0.497 e. The number of anilines is 1. The number of alkyl halides is 3. The smallest absolute Gasteiger partial charge is 0.419 e. The van der Waals surface area contributed by atoms with Crippen LogP contribution in [0.15, 0.2) is 41.5 Å². The van der Waals surface area contributed by atoms with Gasteiger partial charge in [0.05, 0.1) is 19.8 Å². The van der Waals surface area contributed by atoms with Gasteiger partial charge in [-0.3, -0.25) is 4.99 Å². The first-order chi connectivity index (χ1) is 13.9. The second-order valence-electron chi connectivity index (χ2n) is 5.85. The van der Waals surface area contributed by atoms with Crippen LogP contribution in [0.1, 0.15) is 11.1 Å². The molecule has 1 heterocycles. The summed E-state index contributed by atoms with van der Waals surface area (Å²) in [5.74, 6) is 1.66. The first kappa shape index (κ1) is 25.6. The molecule has 1 aromatic carbocycles. The third-order valence-corrected chi connectivity index (χ3v) is 3.99. The zero-order chi connectivity index (χ0) is 21.3. The van der Waals surface area contributed by atoms with Gasteiger partial charge in [0.2, 0.25) is 0 Å². The van der Waals surface area contributed by atoms with Gasteiger partial charge in [-0.2, -0.15) is 13.2 Å². The molecular weight excluding hydrogens is 514 g/mol. The lowest BCUT2D eigenvalue weighted by Gasteiger charge is -2.16. The summed E-state index contributed by atoms with van der Waals surface area (Å²) in [5.41, 5.74) is 0.104. The second-order valence-corrected chi connectivity index (χ2v) is 5.85. The zero-order valence-electron chi connectivity index (χ0n) is 16.8. The van der Waals surface area contributed by atoms with Gasteiger partial charge in [0.25, 0.3) is 0 Å². The van der Waals surface area contributed by atoms with Crippen molar-refractivity contribution in [3.05, 3.63) is 47.7 Å². The van der Waals surface area contributed by atoms with Crippen LogP contribution in [-0.4, -0.2) is 45.3 Å². The predicted molar refractivity (Wildman–Crippen MR) is 121 cm³/mol. The molecule has 0 bridgehead atoms. The van der Waals surface area contributed by atoms with E-state index in [9.17, 15) is 13.2 Å². The van der Waals surface area contributed by atoms with Crippen LogP contribution < -0.4 is 25.4 Å². The Morgan fingerprint density at radius 2 is 1.87 bits per heavy atom. The predicted octanol–water partition coefficient (Wildman–Crippen LogP) is 3.51. The third kappa shape index (κ3) is 7.43. The van der Waals surface area contributed by atoms with E-state index in [1.165, 1.54) is 12.3 Å². The number of halogens is 4. The lowest BCUT2D eigenvalue weighted by Crippen LogP contribution is -2.39. The van der Waals surface area contributed by atoms with Crippen molar-refractivity contribution in [2.45, 2.75) is 12.7 Å². The number of pyridine rings is 1. The Morgan fingerprint density at radius 1 is 1.10 bits per heavy atom. The summed E-state index contributed by atoms with van der Waals surface area (Å²) in [6.45, 7) is 1.01. The van der Waals surface area contributed by atoms with Gasteiger partial charge in [-0.05, 0) is 24.3 Å². The molecule has 0 amide bonds. The van der Waals surface area contributed by atoms with Crippen molar-refractivity contribution in [1.82, 2.24) is 15.6 Å². The molecule has 0 radical (unpaired) electrons. The van der Waals surface area contributed by atoms with E-state index in [1.54, 1.807) is 27.3 Å². The maximum atomic E-state index is 13.0. The highest BCUT2D eigenvalue weighted by molar-refractivity contribution is 14.0. The average molecular weight is 539 g/mol. The largest absolute Gasteiger partial charge is 0.497 e. The van der Waals surface area contributed by atoms with E-state index in [0.29, 0.717) is 30.5 Å². The zero-order valence-corrected chi connectivity index (χ0v) is 19.2. The molecule has 11 heteroatoms. The molecule has 0 unspecified atom stereocenters. The van der Waals surface area contributed by atoms with Crippen LogP contribution in [0, 0.1) is 0 Å². The van der Waals surface area contributed by atoms with Crippen molar-refractivity contribution >= 4 is 35.8 Å². The number of nitrogens with one attached hydrogen (secondary N) is 3. The van der Waals surface area contributed by atoms with E-state index < -0.39 is 11.7 Å². The van der Waals surface area contributed by atoms with E-state index in [4.69, 9.17) is 9.47 Å². The van der Waals surface area contributed by atoms with Gasteiger partial charge in [-0.25, -0.2) is 4.98 Å². The molecular formula is C19H25F3IN5O2. The highest BCUT2D eigenvalue weighted by Crippen LogP contribution is 2.33. The van der Waals surface area contributed by atoms with Gasteiger partial charge < -0.3 is 25.4 Å². The number of nitrogens with zero attached hydrogens (tertiary/aromatic N) is 2. The van der Waals surface area contributed by atoms with E-state index in [0.717, 1.165) is 11.6 Å². The molecule has 1 aromatic heterocycles. The highest BCUT2D eigenvalue weighted by Gasteiger charge is 2.33. The van der Waals surface area contributed by atoms with Crippen LogP contribution in [0.3, 0.4) is 0 Å². The van der Waals surface area contributed by atoms with Gasteiger partial charge in [-0.15, -0.1) is 24.0 Å². The van der Waals surface area contributed by atoms with Crippen LogP contribution in [0.4, 0.5) is 19.0 Å². The number of benzene rings is 1. The number of aromatic nitrogens is 1. The second kappa shape index (κ2) is 12.3. The number of hydrogen-bond acceptors (Lipinski definition) is 5. The fourth-order valence-corrected chi connectivity index (χ4v) is 2.53. The molecule has 0 saturated heterocycles. The number of aliphatic imine (C=N–C) groups is 1. The highest BCUT2D eigenvalue weighted by atomic mass is 127. The molecule has 30 heavy (non-hydrogen) atoms. The summed E-state index contributed by atoms with van der Waals surface area (Å²) < 4.78 is 49.4. The van der Waals surface area contributed by atoms with Crippen LogP contribution in [0.25, 0.3) is 0 Å². The number of guanidine groups is 1. The van der Waals surface area contributed by atoms with Crippen LogP contribution in [-0.2, 0) is 12.7 Å². The Balaban J connectivity index is 0.00000450.